The van der Waals surface area contributed by atoms with E-state index < -0.39 is 0 Å². The van der Waals surface area contributed by atoms with Crippen molar-refractivity contribution in [2.24, 2.45) is 5.10 Å². The van der Waals surface area contributed by atoms with Crippen molar-refractivity contribution < 1.29 is 14.6 Å². The monoisotopic (exact) mass is 493 g/mol. The van der Waals surface area contributed by atoms with Crippen molar-refractivity contribution in [3.8, 4) is 22.9 Å². The number of aromatic nitrogens is 3. The summed E-state index contributed by atoms with van der Waals surface area (Å²) in [5.74, 6) is 1.25. The van der Waals surface area contributed by atoms with Crippen LogP contribution in [-0.2, 0) is 4.79 Å². The number of carbonyl (C=O) groups excluding carboxylic acids is 1. The van der Waals surface area contributed by atoms with Crippen LogP contribution in [0.5, 0.6) is 11.5 Å². The minimum Gasteiger partial charge on any atom is -0.504 e. The maximum Gasteiger partial charge on any atom is 0.250 e. The molecule has 0 bridgehead atoms. The van der Waals surface area contributed by atoms with Crippen LogP contribution in [-0.4, -0.2) is 44.4 Å². The summed E-state index contributed by atoms with van der Waals surface area (Å²) in [6.45, 7) is 4.35. The van der Waals surface area contributed by atoms with E-state index in [1.54, 1.807) is 12.1 Å². The van der Waals surface area contributed by atoms with Gasteiger partial charge in [-0.1, -0.05) is 60.9 Å². The first-order valence-corrected chi connectivity index (χ1v) is 13.0. The fraction of sp³-hybridized carbons (Fsp3) is 0.385. The zero-order valence-electron chi connectivity index (χ0n) is 20.1. The largest absolute Gasteiger partial charge is 0.504 e. The van der Waals surface area contributed by atoms with E-state index in [4.69, 9.17) is 4.74 Å². The standard InChI is InChI=1S/C26H31N5O3S/c1-3-34-23-15-19(11-14-22(23)32)16-27-28-24(33)17-35-26-30-29-25(20-12-9-18(2)10-13-20)31(26)21-7-5-4-6-8-21/h9-16,21,32H,3-8,17H2,1-2H3,(H,28,33). The van der Waals surface area contributed by atoms with Gasteiger partial charge in [0.25, 0.3) is 5.91 Å². The molecule has 8 nitrogen and oxygen atoms in total. The Balaban J connectivity index is 1.42. The van der Waals surface area contributed by atoms with Crippen molar-refractivity contribution in [3.05, 3.63) is 53.6 Å². The lowest BCUT2D eigenvalue weighted by molar-refractivity contribution is -0.118. The van der Waals surface area contributed by atoms with Crippen molar-refractivity contribution in [2.45, 2.75) is 57.1 Å². The molecule has 1 aliphatic carbocycles. The van der Waals surface area contributed by atoms with Crippen LogP contribution in [0.2, 0.25) is 0 Å². The molecule has 9 heteroatoms. The second-order valence-corrected chi connectivity index (χ2v) is 9.52. The number of hydrogen-bond acceptors (Lipinski definition) is 7. The van der Waals surface area contributed by atoms with Gasteiger partial charge in [0.05, 0.1) is 18.6 Å². The van der Waals surface area contributed by atoms with Crippen LogP contribution < -0.4 is 10.2 Å². The number of aromatic hydroxyl groups is 1. The fourth-order valence-corrected chi connectivity index (χ4v) is 4.96. The van der Waals surface area contributed by atoms with Gasteiger partial charge >= 0.3 is 0 Å². The molecule has 0 atom stereocenters. The third-order valence-corrected chi connectivity index (χ3v) is 6.88. The number of carbonyl (C=O) groups is 1. The van der Waals surface area contributed by atoms with Crippen molar-refractivity contribution in [2.75, 3.05) is 12.4 Å². The molecule has 184 valence electrons. The lowest BCUT2D eigenvalue weighted by Gasteiger charge is -2.25. The number of phenols is 1. The minimum absolute atomic E-state index is 0.0662. The minimum atomic E-state index is -0.231. The summed E-state index contributed by atoms with van der Waals surface area (Å²) in [7, 11) is 0. The van der Waals surface area contributed by atoms with Crippen LogP contribution in [0.25, 0.3) is 11.4 Å². The lowest BCUT2D eigenvalue weighted by Crippen LogP contribution is -2.20. The highest BCUT2D eigenvalue weighted by molar-refractivity contribution is 7.99. The van der Waals surface area contributed by atoms with Gasteiger partial charge in [0.1, 0.15) is 0 Å². The van der Waals surface area contributed by atoms with E-state index in [9.17, 15) is 9.90 Å². The Hall–Kier alpha value is -3.33. The van der Waals surface area contributed by atoms with Crippen molar-refractivity contribution in [3.63, 3.8) is 0 Å². The molecule has 2 N–H and O–H groups in total. The molecule has 0 spiro atoms. The molecule has 35 heavy (non-hydrogen) atoms. The number of nitrogens with zero attached hydrogens (tertiary/aromatic N) is 4. The van der Waals surface area contributed by atoms with Gasteiger partial charge in [0.2, 0.25) is 0 Å². The zero-order chi connectivity index (χ0) is 24.6. The van der Waals surface area contributed by atoms with Gasteiger partial charge in [-0.3, -0.25) is 9.36 Å². The summed E-state index contributed by atoms with van der Waals surface area (Å²) in [6.07, 6.45) is 7.35. The van der Waals surface area contributed by atoms with Gasteiger partial charge in [-0.25, -0.2) is 5.43 Å². The van der Waals surface area contributed by atoms with Crippen LogP contribution in [0, 0.1) is 6.92 Å². The molecular formula is C26H31N5O3S. The van der Waals surface area contributed by atoms with E-state index in [1.165, 1.54) is 48.9 Å². The number of aryl methyl sites for hydroxylation is 1. The van der Waals surface area contributed by atoms with E-state index in [0.717, 1.165) is 29.4 Å². The number of hydrogen-bond donors (Lipinski definition) is 2. The summed E-state index contributed by atoms with van der Waals surface area (Å²) in [5, 5.41) is 23.5. The third-order valence-electron chi connectivity index (χ3n) is 5.93. The first kappa shape index (κ1) is 24.8. The summed E-state index contributed by atoms with van der Waals surface area (Å²) in [4.78, 5) is 12.5. The first-order chi connectivity index (χ1) is 17.0. The predicted octanol–water partition coefficient (Wildman–Crippen LogP) is 5.11. The highest BCUT2D eigenvalue weighted by Crippen LogP contribution is 2.35. The Labute approximate surface area is 209 Å². The maximum atomic E-state index is 12.5. The summed E-state index contributed by atoms with van der Waals surface area (Å²) in [6, 6.07) is 13.6. The predicted molar refractivity (Wildman–Crippen MR) is 138 cm³/mol. The smallest absolute Gasteiger partial charge is 0.250 e. The average molecular weight is 494 g/mol. The molecule has 1 aliphatic rings. The van der Waals surface area contributed by atoms with Gasteiger partial charge < -0.3 is 9.84 Å². The molecule has 1 amide bonds. The Morgan fingerprint density at radius 1 is 1.20 bits per heavy atom. The molecule has 1 aromatic heterocycles. The van der Waals surface area contributed by atoms with Gasteiger partial charge in [-0.05, 0) is 50.5 Å². The quantitative estimate of drug-likeness (QED) is 0.244. The Kier molecular flexibility index (Phi) is 8.41. The molecular weight excluding hydrogens is 462 g/mol. The second-order valence-electron chi connectivity index (χ2n) is 8.58. The molecule has 0 radical (unpaired) electrons. The number of hydrazone groups is 1. The third kappa shape index (κ3) is 6.42. The molecule has 4 rings (SSSR count). The second kappa shape index (κ2) is 11.9. The van der Waals surface area contributed by atoms with Crippen molar-refractivity contribution >= 4 is 23.9 Å². The van der Waals surface area contributed by atoms with Crippen LogP contribution in [0.4, 0.5) is 0 Å². The normalized spacial score (nSPS) is 14.3. The average Bonchev–Trinajstić information content (AvgIpc) is 3.30. The lowest BCUT2D eigenvalue weighted by atomic mass is 9.95. The molecule has 0 saturated heterocycles. The topological polar surface area (TPSA) is 102 Å². The molecule has 2 aromatic carbocycles. The van der Waals surface area contributed by atoms with Crippen LogP contribution in [0.1, 0.15) is 56.2 Å². The fourth-order valence-electron chi connectivity index (χ4n) is 4.17. The Bertz CT molecular complexity index is 1170. The molecule has 0 aliphatic heterocycles. The van der Waals surface area contributed by atoms with E-state index >= 15 is 0 Å². The van der Waals surface area contributed by atoms with Crippen molar-refractivity contribution in [1.29, 1.82) is 0 Å². The number of ether oxygens (including phenoxy) is 1. The number of nitrogens with one attached hydrogen (secondary N) is 1. The summed E-state index contributed by atoms with van der Waals surface area (Å²) < 4.78 is 7.59. The van der Waals surface area contributed by atoms with E-state index in [1.807, 2.05) is 6.92 Å². The SMILES string of the molecule is CCOc1cc(C=NNC(=O)CSc2nnc(-c3ccc(C)cc3)n2C2CCCCC2)ccc1O. The van der Waals surface area contributed by atoms with Crippen molar-refractivity contribution in [1.82, 2.24) is 20.2 Å². The maximum absolute atomic E-state index is 12.5. The van der Waals surface area contributed by atoms with Gasteiger partial charge in [0.15, 0.2) is 22.5 Å². The van der Waals surface area contributed by atoms with Gasteiger partial charge in [-0.15, -0.1) is 10.2 Å². The van der Waals surface area contributed by atoms with Crippen LogP contribution >= 0.6 is 11.8 Å². The first-order valence-electron chi connectivity index (χ1n) is 12.0. The van der Waals surface area contributed by atoms with E-state index in [2.05, 4.69) is 56.5 Å². The summed E-state index contributed by atoms with van der Waals surface area (Å²) >= 11 is 1.38. The van der Waals surface area contributed by atoms with Gasteiger partial charge in [0, 0.05) is 11.6 Å². The molecule has 1 fully saturated rings. The number of rotatable bonds is 9. The van der Waals surface area contributed by atoms with Crippen LogP contribution in [0.15, 0.2) is 52.7 Å². The highest BCUT2D eigenvalue weighted by Gasteiger charge is 2.24. The van der Waals surface area contributed by atoms with E-state index in [-0.39, 0.29) is 17.4 Å². The Morgan fingerprint density at radius 2 is 1.97 bits per heavy atom. The van der Waals surface area contributed by atoms with Gasteiger partial charge in [-0.2, -0.15) is 5.10 Å². The highest BCUT2D eigenvalue weighted by atomic mass is 32.2. The zero-order valence-corrected chi connectivity index (χ0v) is 20.9. The van der Waals surface area contributed by atoms with E-state index in [0.29, 0.717) is 24.0 Å². The number of phenolic OH excluding ortho intramolecular Hbond substituents is 1. The number of amides is 1. The summed E-state index contributed by atoms with van der Waals surface area (Å²) in [5.41, 5.74) is 5.50. The van der Waals surface area contributed by atoms with Crippen LogP contribution in [0.3, 0.4) is 0 Å². The molecule has 0 unspecified atom stereocenters. The number of thioether (sulfide) groups is 1. The number of benzene rings is 2. The molecule has 3 aromatic rings. The Morgan fingerprint density at radius 3 is 2.71 bits per heavy atom. The molecule has 1 saturated carbocycles. The molecule has 1 heterocycles.